The average Bonchev–Trinajstić information content (AvgIpc) is 2.40. The van der Waals surface area contributed by atoms with Crippen LogP contribution in [0.25, 0.3) is 0 Å². The summed E-state index contributed by atoms with van der Waals surface area (Å²) in [7, 11) is 0. The van der Waals surface area contributed by atoms with Gasteiger partial charge in [-0.2, -0.15) is 10.4 Å². The van der Waals surface area contributed by atoms with Gasteiger partial charge < -0.3 is 10.4 Å². The first-order valence-corrected chi connectivity index (χ1v) is 5.03. The minimum Gasteiger partial charge on any atom is -0.478 e. The number of hydrogen-bond acceptors (Lipinski definition) is 5. The molecule has 6 nitrogen and oxygen atoms in total. The number of anilines is 2. The summed E-state index contributed by atoms with van der Waals surface area (Å²) in [5, 5.41) is 28.0. The Bertz CT molecular complexity index is 617. The zero-order chi connectivity index (χ0) is 13.0. The minimum atomic E-state index is -0.987. The van der Waals surface area contributed by atoms with Crippen molar-refractivity contribution < 1.29 is 9.90 Å². The molecule has 0 radical (unpaired) electrons. The molecule has 88 valence electrons. The third-order valence-corrected chi connectivity index (χ3v) is 2.24. The number of carbonyl (C=O) groups is 1. The van der Waals surface area contributed by atoms with E-state index in [9.17, 15) is 4.79 Å². The highest BCUT2D eigenvalue weighted by Gasteiger charge is 2.05. The standard InChI is InChI=1S/C12H8N4O2/c13-7-9-5-6-14-16-11(9)15-10-3-1-8(2-4-10)12(17)18/h1-6H,(H,15,16)(H,17,18). The minimum absolute atomic E-state index is 0.195. The molecule has 2 aromatic rings. The summed E-state index contributed by atoms with van der Waals surface area (Å²) in [6, 6.07) is 9.65. The van der Waals surface area contributed by atoms with Gasteiger partial charge in [-0.15, -0.1) is 5.10 Å². The Balaban J connectivity index is 2.24. The molecule has 0 fully saturated rings. The molecule has 1 aromatic carbocycles. The SMILES string of the molecule is N#Cc1ccnnc1Nc1ccc(C(=O)O)cc1. The van der Waals surface area contributed by atoms with E-state index < -0.39 is 5.97 Å². The molecule has 0 aliphatic heterocycles. The second-order valence-electron chi connectivity index (χ2n) is 3.41. The summed E-state index contributed by atoms with van der Waals surface area (Å²) in [6.07, 6.45) is 1.43. The zero-order valence-corrected chi connectivity index (χ0v) is 9.16. The smallest absolute Gasteiger partial charge is 0.335 e. The number of rotatable bonds is 3. The van der Waals surface area contributed by atoms with Crippen LogP contribution in [0, 0.1) is 11.3 Å². The Morgan fingerprint density at radius 3 is 2.61 bits per heavy atom. The van der Waals surface area contributed by atoms with Crippen LogP contribution in [0.2, 0.25) is 0 Å². The monoisotopic (exact) mass is 240 g/mol. The van der Waals surface area contributed by atoms with E-state index in [1.54, 1.807) is 18.2 Å². The summed E-state index contributed by atoms with van der Waals surface area (Å²) in [6.45, 7) is 0. The van der Waals surface area contributed by atoms with Crippen LogP contribution < -0.4 is 5.32 Å². The summed E-state index contributed by atoms with van der Waals surface area (Å²) in [4.78, 5) is 10.7. The predicted molar refractivity (Wildman–Crippen MR) is 63.4 cm³/mol. The van der Waals surface area contributed by atoms with Crippen LogP contribution in [-0.2, 0) is 0 Å². The van der Waals surface area contributed by atoms with Gasteiger partial charge in [0.2, 0.25) is 0 Å². The van der Waals surface area contributed by atoms with Crippen LogP contribution in [0.3, 0.4) is 0 Å². The molecule has 0 saturated carbocycles. The lowest BCUT2D eigenvalue weighted by atomic mass is 10.2. The van der Waals surface area contributed by atoms with Gasteiger partial charge >= 0.3 is 5.97 Å². The number of aromatic carboxylic acids is 1. The van der Waals surface area contributed by atoms with E-state index in [0.717, 1.165) is 0 Å². The number of nitrogens with one attached hydrogen (secondary N) is 1. The first kappa shape index (κ1) is 11.5. The molecule has 0 unspecified atom stereocenters. The fourth-order valence-corrected chi connectivity index (χ4v) is 1.35. The maximum Gasteiger partial charge on any atom is 0.335 e. The van der Waals surface area contributed by atoms with Crippen molar-refractivity contribution in [1.29, 1.82) is 5.26 Å². The van der Waals surface area contributed by atoms with E-state index in [-0.39, 0.29) is 5.56 Å². The molecule has 0 saturated heterocycles. The Labute approximate surface area is 103 Å². The summed E-state index contributed by atoms with van der Waals surface area (Å²) in [5.41, 5.74) is 1.20. The fourth-order valence-electron chi connectivity index (χ4n) is 1.35. The van der Waals surface area contributed by atoms with Crippen molar-refractivity contribution in [3.63, 3.8) is 0 Å². The lowest BCUT2D eigenvalue weighted by molar-refractivity contribution is 0.0697. The maximum absolute atomic E-state index is 10.7. The number of hydrogen-bond donors (Lipinski definition) is 2. The molecule has 0 bridgehead atoms. The van der Waals surface area contributed by atoms with Crippen molar-refractivity contribution in [3.05, 3.63) is 47.7 Å². The van der Waals surface area contributed by atoms with Crippen molar-refractivity contribution in [1.82, 2.24) is 10.2 Å². The molecule has 2 rings (SSSR count). The van der Waals surface area contributed by atoms with Crippen LogP contribution >= 0.6 is 0 Å². The van der Waals surface area contributed by atoms with Crippen LogP contribution in [0.15, 0.2) is 36.5 Å². The molecule has 1 aromatic heterocycles. The van der Waals surface area contributed by atoms with Crippen LogP contribution in [0.1, 0.15) is 15.9 Å². The van der Waals surface area contributed by atoms with E-state index in [4.69, 9.17) is 10.4 Å². The summed E-state index contributed by atoms with van der Waals surface area (Å²) < 4.78 is 0. The van der Waals surface area contributed by atoms with Crippen molar-refractivity contribution in [2.45, 2.75) is 0 Å². The molecule has 1 heterocycles. The molecule has 0 aliphatic carbocycles. The van der Waals surface area contributed by atoms with Crippen molar-refractivity contribution in [2.24, 2.45) is 0 Å². The summed E-state index contributed by atoms with van der Waals surface area (Å²) in [5.74, 6) is -0.651. The maximum atomic E-state index is 10.7. The number of nitrogens with zero attached hydrogens (tertiary/aromatic N) is 3. The first-order valence-electron chi connectivity index (χ1n) is 5.03. The van der Waals surface area contributed by atoms with Crippen molar-refractivity contribution in [3.8, 4) is 6.07 Å². The van der Waals surface area contributed by atoms with E-state index >= 15 is 0 Å². The number of aromatic nitrogens is 2. The van der Waals surface area contributed by atoms with Gasteiger partial charge in [0.1, 0.15) is 6.07 Å². The third kappa shape index (κ3) is 2.41. The van der Waals surface area contributed by atoms with E-state index in [1.807, 2.05) is 6.07 Å². The van der Waals surface area contributed by atoms with Gasteiger partial charge in [0, 0.05) is 5.69 Å². The molecular formula is C12H8N4O2. The molecule has 18 heavy (non-hydrogen) atoms. The van der Waals surface area contributed by atoms with Gasteiger partial charge in [-0.1, -0.05) is 0 Å². The Morgan fingerprint density at radius 2 is 2.00 bits per heavy atom. The van der Waals surface area contributed by atoms with Gasteiger partial charge in [-0.3, -0.25) is 0 Å². The van der Waals surface area contributed by atoms with Gasteiger partial charge in [0.15, 0.2) is 5.82 Å². The topological polar surface area (TPSA) is 98.9 Å². The molecular weight excluding hydrogens is 232 g/mol. The Hall–Kier alpha value is -2.94. The van der Waals surface area contributed by atoms with Crippen LogP contribution in [0.4, 0.5) is 11.5 Å². The number of carboxylic acids is 1. The highest BCUT2D eigenvalue weighted by atomic mass is 16.4. The zero-order valence-electron chi connectivity index (χ0n) is 9.16. The quantitative estimate of drug-likeness (QED) is 0.848. The van der Waals surface area contributed by atoms with Crippen LogP contribution in [-0.4, -0.2) is 21.3 Å². The second kappa shape index (κ2) is 4.93. The fraction of sp³-hybridized carbons (Fsp3) is 0. The molecule has 2 N–H and O–H groups in total. The average molecular weight is 240 g/mol. The van der Waals surface area contributed by atoms with Crippen LogP contribution in [0.5, 0.6) is 0 Å². The van der Waals surface area contributed by atoms with E-state index in [0.29, 0.717) is 17.1 Å². The van der Waals surface area contributed by atoms with Gasteiger partial charge in [-0.05, 0) is 30.3 Å². The van der Waals surface area contributed by atoms with E-state index in [2.05, 4.69) is 15.5 Å². The lowest BCUT2D eigenvalue weighted by Gasteiger charge is -2.05. The largest absolute Gasteiger partial charge is 0.478 e. The highest BCUT2D eigenvalue weighted by Crippen LogP contribution is 2.17. The molecule has 6 heteroatoms. The van der Waals surface area contributed by atoms with Crippen molar-refractivity contribution >= 4 is 17.5 Å². The summed E-state index contributed by atoms with van der Waals surface area (Å²) >= 11 is 0. The third-order valence-electron chi connectivity index (χ3n) is 2.24. The highest BCUT2D eigenvalue weighted by molar-refractivity contribution is 5.88. The normalized spacial score (nSPS) is 9.50. The molecule has 0 atom stereocenters. The first-order chi connectivity index (χ1) is 8.70. The molecule has 0 spiro atoms. The Morgan fingerprint density at radius 1 is 1.28 bits per heavy atom. The van der Waals surface area contributed by atoms with Gasteiger partial charge in [0.25, 0.3) is 0 Å². The number of benzene rings is 1. The number of carboxylic acid groups (broad SMARTS) is 1. The number of nitriles is 1. The molecule has 0 amide bonds. The molecule has 0 aliphatic rings. The predicted octanol–water partition coefficient (Wildman–Crippen LogP) is 1.79. The van der Waals surface area contributed by atoms with E-state index in [1.165, 1.54) is 18.3 Å². The lowest BCUT2D eigenvalue weighted by Crippen LogP contribution is -2.00. The van der Waals surface area contributed by atoms with Gasteiger partial charge in [0.05, 0.1) is 17.3 Å². The second-order valence-corrected chi connectivity index (χ2v) is 3.41. The Kier molecular flexibility index (Phi) is 3.16. The van der Waals surface area contributed by atoms with Gasteiger partial charge in [-0.25, -0.2) is 4.79 Å². The van der Waals surface area contributed by atoms with Crippen molar-refractivity contribution in [2.75, 3.05) is 5.32 Å².